The van der Waals surface area contributed by atoms with Crippen LogP contribution in [0.5, 0.6) is 0 Å². The highest BCUT2D eigenvalue weighted by Gasteiger charge is 2.21. The van der Waals surface area contributed by atoms with Crippen molar-refractivity contribution in [3.63, 3.8) is 0 Å². The average molecular weight is 359 g/mol. The maximum Gasteiger partial charge on any atom is 0.124 e. The second-order valence-corrected chi connectivity index (χ2v) is 5.07. The van der Waals surface area contributed by atoms with E-state index in [1.54, 1.807) is 0 Å². The summed E-state index contributed by atoms with van der Waals surface area (Å²) in [5, 5.41) is -0.682. The molecule has 1 atom stereocenters. The molecule has 0 saturated carbocycles. The van der Waals surface area contributed by atoms with Crippen LogP contribution in [0.25, 0.3) is 11.0 Å². The summed E-state index contributed by atoms with van der Waals surface area (Å²) < 4.78 is 160. The van der Waals surface area contributed by atoms with Gasteiger partial charge in [-0.15, -0.1) is 0 Å². The van der Waals surface area contributed by atoms with Crippen LogP contribution < -0.4 is 0 Å². The van der Waals surface area contributed by atoms with E-state index >= 15 is 0 Å². The number of imidazole rings is 1. The Bertz CT molecular complexity index is 1640. The number of benzene rings is 2. The summed E-state index contributed by atoms with van der Waals surface area (Å²) in [6, 6.07) is -7.63. The van der Waals surface area contributed by atoms with Crippen molar-refractivity contribution >= 4 is 22.6 Å². The fraction of sp³-hybridized carbons (Fsp3) is 0.350. The van der Waals surface area contributed by atoms with Crippen LogP contribution >= 0.6 is 11.6 Å². The van der Waals surface area contributed by atoms with Crippen molar-refractivity contribution in [3.05, 3.63) is 64.7 Å². The largest absolute Gasteiger partial charge is 0.322 e. The van der Waals surface area contributed by atoms with Crippen molar-refractivity contribution in [3.8, 4) is 0 Å². The van der Waals surface area contributed by atoms with Gasteiger partial charge in [0.25, 0.3) is 0 Å². The molecule has 0 amide bonds. The van der Waals surface area contributed by atoms with Crippen molar-refractivity contribution in [1.29, 1.82) is 0 Å². The molecular weight excluding hydrogens is 318 g/mol. The Balaban J connectivity index is 2.25. The van der Waals surface area contributed by atoms with Gasteiger partial charge in [0, 0.05) is 27.6 Å². The van der Waals surface area contributed by atoms with E-state index in [0.29, 0.717) is 6.92 Å². The van der Waals surface area contributed by atoms with E-state index in [1.165, 1.54) is 0 Å². The summed E-state index contributed by atoms with van der Waals surface area (Å²) in [6.45, 7) is -13.7. The topological polar surface area (TPSA) is 21.1 Å². The molecule has 4 rings (SSSR count). The summed E-state index contributed by atoms with van der Waals surface area (Å²) in [5.41, 5.74) is -2.72. The van der Waals surface area contributed by atoms with E-state index in [4.69, 9.17) is 37.6 Å². The van der Waals surface area contributed by atoms with E-state index in [-0.39, 0.29) is 9.47 Å². The molecule has 0 radical (unpaired) electrons. The number of fused-ring (bicyclic) bond motifs is 1. The minimum absolute atomic E-state index is 0.153. The molecule has 1 aliphatic heterocycles. The van der Waals surface area contributed by atoms with Gasteiger partial charge >= 0.3 is 0 Å². The van der Waals surface area contributed by atoms with Gasteiger partial charge in [0.2, 0.25) is 0 Å². The lowest BCUT2D eigenvalue weighted by Crippen LogP contribution is -2.22. The van der Waals surface area contributed by atoms with Crippen molar-refractivity contribution in [2.24, 2.45) is 5.89 Å². The van der Waals surface area contributed by atoms with Crippen molar-refractivity contribution in [2.45, 2.75) is 26.3 Å². The summed E-state index contributed by atoms with van der Waals surface area (Å²) in [5.74, 6) is -4.33. The highest BCUT2D eigenvalue weighted by Crippen LogP contribution is 2.22. The lowest BCUT2D eigenvalue weighted by Gasteiger charge is -2.16. The minimum Gasteiger partial charge on any atom is -0.322 e. The molecule has 3 nitrogen and oxygen atoms in total. The minimum atomic E-state index is -3.75. The number of rotatable bonds is 4. The average Bonchev–Trinajstić information content (AvgIpc) is 3.33. The maximum absolute atomic E-state index is 8.99. The second-order valence-electron chi connectivity index (χ2n) is 4.69. The third kappa shape index (κ3) is 3.19. The van der Waals surface area contributed by atoms with Gasteiger partial charge in [-0.05, 0) is 48.5 Å². The summed E-state index contributed by atoms with van der Waals surface area (Å²) in [7, 11) is 0. The SMILES string of the molecule is [2H]c1c([2H])c(C([2H])([2H])n2c(C([2H])([2H])N3C([2H])([2H])C([2H])([2H])C([2H])(C)C3([2H])[2H])nc3c([2H])c([2H])c([2H])c([2H])c32)c([2H])c([2H])c1Cl. The summed E-state index contributed by atoms with van der Waals surface area (Å²) in [6.07, 6.45) is -3.41. The first-order valence-electron chi connectivity index (χ1n) is 16.2. The van der Waals surface area contributed by atoms with Crippen LogP contribution in [0.15, 0.2) is 48.3 Å². The monoisotopic (exact) mass is 358 g/mol. The van der Waals surface area contributed by atoms with Crippen LogP contribution in [-0.4, -0.2) is 27.4 Å². The van der Waals surface area contributed by atoms with Crippen molar-refractivity contribution < 1.29 is 26.0 Å². The first kappa shape index (κ1) is 5.09. The molecule has 1 unspecified atom stereocenters. The van der Waals surface area contributed by atoms with E-state index in [1.807, 2.05) is 0 Å². The molecule has 0 bridgehead atoms. The summed E-state index contributed by atoms with van der Waals surface area (Å²) >= 11 is 5.86. The highest BCUT2D eigenvalue weighted by molar-refractivity contribution is 6.30. The fourth-order valence-electron chi connectivity index (χ4n) is 1.97. The third-order valence-corrected chi connectivity index (χ3v) is 3.16. The van der Waals surface area contributed by atoms with Gasteiger partial charge in [-0.25, -0.2) is 4.98 Å². The lowest BCUT2D eigenvalue weighted by atomic mass is 10.2. The molecule has 124 valence electrons. The van der Waals surface area contributed by atoms with Crippen LogP contribution in [0.2, 0.25) is 5.02 Å². The molecule has 3 aromatic rings. The van der Waals surface area contributed by atoms with Gasteiger partial charge in [-0.2, -0.15) is 0 Å². The number of nitrogens with zero attached hydrogens (tertiary/aromatic N) is 3. The van der Waals surface area contributed by atoms with Gasteiger partial charge < -0.3 is 4.57 Å². The Kier molecular flexibility index (Phi) is 1.39. The zero-order valence-electron chi connectivity index (χ0n) is 31.2. The molecule has 0 spiro atoms. The molecule has 0 N–H and O–H groups in total. The maximum atomic E-state index is 8.99. The Hall–Kier alpha value is -1.84. The van der Waals surface area contributed by atoms with Crippen LogP contribution in [0.1, 0.15) is 50.7 Å². The first-order valence-corrected chi connectivity index (χ1v) is 7.11. The number of hydrogen-bond acceptors (Lipinski definition) is 2. The third-order valence-electron chi connectivity index (χ3n) is 2.97. The molecule has 1 aromatic heterocycles. The van der Waals surface area contributed by atoms with Gasteiger partial charge in [0.05, 0.1) is 34.0 Å². The molecule has 2 aromatic carbocycles. The van der Waals surface area contributed by atoms with Crippen LogP contribution in [0, 0.1) is 5.89 Å². The highest BCUT2D eigenvalue weighted by atomic mass is 35.5. The molecule has 1 aliphatic rings. The molecule has 1 saturated heterocycles. The number of hydrogen-bond donors (Lipinski definition) is 0. The zero-order valence-corrected chi connectivity index (χ0v) is 13.0. The number of halogens is 1. The molecule has 24 heavy (non-hydrogen) atoms. The number of para-hydroxylation sites is 2. The predicted molar refractivity (Wildman–Crippen MR) is 99.3 cm³/mol. The molecule has 0 aliphatic carbocycles. The van der Waals surface area contributed by atoms with E-state index < -0.39 is 114 Å². The van der Waals surface area contributed by atoms with Crippen LogP contribution in [0.4, 0.5) is 0 Å². The molecular formula is C20H22ClN3. The standard InChI is InChI=1S/C20H22ClN3/c1-15-10-11-23(12-15)14-20-22-18-4-2-3-5-19(18)24(20)13-16-6-8-17(21)9-7-16/h2-9,15H,10-14H2,1H3/i2D,3D,4D,5D,6D,7D,8D,9D,10D2,11D2,12D2,13D2,14D2,15D. The Labute approximate surface area is 174 Å². The zero-order chi connectivity index (χ0) is 33.4. The van der Waals surface area contributed by atoms with Crippen molar-refractivity contribution in [1.82, 2.24) is 14.5 Å². The van der Waals surface area contributed by atoms with E-state index in [0.717, 1.165) is 0 Å². The molecule has 1 fully saturated rings. The predicted octanol–water partition coefficient (Wildman–Crippen LogP) is 4.58. The Morgan fingerprint density at radius 3 is 2.83 bits per heavy atom. The second kappa shape index (κ2) is 6.58. The first-order chi connectivity index (χ1) is 19.2. The van der Waals surface area contributed by atoms with E-state index in [9.17, 15) is 0 Å². The fourth-order valence-corrected chi connectivity index (χ4v) is 2.07. The van der Waals surface area contributed by atoms with Gasteiger partial charge in [0.1, 0.15) is 5.82 Å². The molecule has 2 heterocycles. The van der Waals surface area contributed by atoms with Crippen LogP contribution in [-0.2, 0) is 13.0 Å². The molecule has 4 heteroatoms. The quantitative estimate of drug-likeness (QED) is 0.680. The van der Waals surface area contributed by atoms with Crippen molar-refractivity contribution in [2.75, 3.05) is 13.0 Å². The Morgan fingerprint density at radius 2 is 2.08 bits per heavy atom. The lowest BCUT2D eigenvalue weighted by molar-refractivity contribution is 0.308. The Morgan fingerprint density at radius 1 is 1.29 bits per heavy atom. The van der Waals surface area contributed by atoms with Gasteiger partial charge in [0.15, 0.2) is 0 Å². The number of likely N-dealkylation sites (tertiary alicyclic amines) is 1. The van der Waals surface area contributed by atoms with E-state index in [2.05, 4.69) is 4.98 Å². The van der Waals surface area contributed by atoms with Gasteiger partial charge in [-0.1, -0.05) is 42.7 Å². The number of aromatic nitrogens is 2. The summed E-state index contributed by atoms with van der Waals surface area (Å²) in [4.78, 5) is 3.56. The smallest absolute Gasteiger partial charge is 0.124 e. The normalized spacial score (nSPS) is 40.5. The van der Waals surface area contributed by atoms with Crippen LogP contribution in [0.3, 0.4) is 0 Å². The van der Waals surface area contributed by atoms with Gasteiger partial charge in [-0.3, -0.25) is 4.90 Å².